The van der Waals surface area contributed by atoms with Gasteiger partial charge in [0.1, 0.15) is 11.3 Å². The van der Waals surface area contributed by atoms with E-state index >= 15 is 0 Å². The van der Waals surface area contributed by atoms with Crippen molar-refractivity contribution >= 4 is 16.9 Å². The molecule has 118 valence electrons. The molecule has 0 saturated carbocycles. The van der Waals surface area contributed by atoms with Crippen molar-refractivity contribution in [2.45, 2.75) is 26.7 Å². The molecule has 0 spiro atoms. The quantitative estimate of drug-likeness (QED) is 0.796. The van der Waals surface area contributed by atoms with E-state index in [-0.39, 0.29) is 11.5 Å². The van der Waals surface area contributed by atoms with Gasteiger partial charge < -0.3 is 14.1 Å². The minimum Gasteiger partial charge on any atom is -0.497 e. The summed E-state index contributed by atoms with van der Waals surface area (Å²) in [7, 11) is 3.32. The van der Waals surface area contributed by atoms with Crippen molar-refractivity contribution in [2.75, 3.05) is 20.7 Å². The predicted molar refractivity (Wildman–Crippen MR) is 85.4 cm³/mol. The fourth-order valence-electron chi connectivity index (χ4n) is 2.39. The minimum atomic E-state index is -0.384. The molecule has 5 nitrogen and oxygen atoms in total. The number of amides is 1. The number of benzene rings is 1. The molecule has 0 radical (unpaired) electrons. The van der Waals surface area contributed by atoms with Gasteiger partial charge >= 0.3 is 5.63 Å². The molecular formula is C17H21NO4. The van der Waals surface area contributed by atoms with Crippen LogP contribution in [0, 0.1) is 6.92 Å². The van der Waals surface area contributed by atoms with E-state index in [1.165, 1.54) is 0 Å². The highest BCUT2D eigenvalue weighted by Crippen LogP contribution is 2.24. The first-order valence-electron chi connectivity index (χ1n) is 7.32. The van der Waals surface area contributed by atoms with Gasteiger partial charge in [-0.15, -0.1) is 0 Å². The molecule has 22 heavy (non-hydrogen) atoms. The van der Waals surface area contributed by atoms with E-state index in [0.717, 1.165) is 10.9 Å². The lowest BCUT2D eigenvalue weighted by Gasteiger charge is -2.14. The average molecular weight is 303 g/mol. The Kier molecular flexibility index (Phi) is 4.85. The van der Waals surface area contributed by atoms with Crippen molar-refractivity contribution in [1.29, 1.82) is 0 Å². The number of aryl methyl sites for hydroxylation is 1. The second kappa shape index (κ2) is 6.64. The maximum atomic E-state index is 12.2. The van der Waals surface area contributed by atoms with Crippen LogP contribution in [0.15, 0.2) is 27.4 Å². The highest BCUT2D eigenvalue weighted by molar-refractivity contribution is 5.82. The van der Waals surface area contributed by atoms with E-state index in [2.05, 4.69) is 0 Å². The summed E-state index contributed by atoms with van der Waals surface area (Å²) >= 11 is 0. The number of carbonyl (C=O) groups is 1. The molecular weight excluding hydrogens is 282 g/mol. The van der Waals surface area contributed by atoms with Crippen LogP contribution in [-0.4, -0.2) is 31.5 Å². The fraction of sp³-hybridized carbons (Fsp3) is 0.412. The van der Waals surface area contributed by atoms with E-state index in [1.807, 2.05) is 26.0 Å². The summed E-state index contributed by atoms with van der Waals surface area (Å²) < 4.78 is 10.5. The lowest BCUT2D eigenvalue weighted by molar-refractivity contribution is -0.129. The summed E-state index contributed by atoms with van der Waals surface area (Å²) in [6.07, 6.45) is 0.691. The van der Waals surface area contributed by atoms with E-state index in [1.54, 1.807) is 25.1 Å². The lowest BCUT2D eigenvalue weighted by Crippen LogP contribution is -2.27. The highest BCUT2D eigenvalue weighted by atomic mass is 16.5. The van der Waals surface area contributed by atoms with Crippen LogP contribution in [-0.2, 0) is 11.2 Å². The van der Waals surface area contributed by atoms with Crippen molar-refractivity contribution in [2.24, 2.45) is 0 Å². The number of nitrogens with zero attached hydrogens (tertiary/aromatic N) is 1. The Hall–Kier alpha value is -2.30. The number of hydrogen-bond acceptors (Lipinski definition) is 4. The van der Waals surface area contributed by atoms with Gasteiger partial charge in [0.15, 0.2) is 0 Å². The molecule has 0 aliphatic heterocycles. The Bertz CT molecular complexity index is 748. The van der Waals surface area contributed by atoms with Crippen LogP contribution >= 0.6 is 0 Å². The number of methoxy groups -OCH3 is 1. The van der Waals surface area contributed by atoms with Crippen molar-refractivity contribution < 1.29 is 13.9 Å². The van der Waals surface area contributed by atoms with Crippen LogP contribution in [0.5, 0.6) is 5.75 Å². The van der Waals surface area contributed by atoms with Crippen LogP contribution in [0.4, 0.5) is 0 Å². The Labute approximate surface area is 129 Å². The van der Waals surface area contributed by atoms with Gasteiger partial charge in [-0.1, -0.05) is 0 Å². The summed E-state index contributed by atoms with van der Waals surface area (Å²) in [5.41, 5.74) is 1.55. The highest BCUT2D eigenvalue weighted by Gasteiger charge is 2.14. The third-order valence-electron chi connectivity index (χ3n) is 3.98. The van der Waals surface area contributed by atoms with Gasteiger partial charge in [0.2, 0.25) is 5.91 Å². The summed E-state index contributed by atoms with van der Waals surface area (Å²) in [6, 6.07) is 5.40. The average Bonchev–Trinajstić information content (AvgIpc) is 2.52. The van der Waals surface area contributed by atoms with Gasteiger partial charge in [0.05, 0.1) is 7.11 Å². The number of fused-ring (bicyclic) bond motifs is 1. The van der Waals surface area contributed by atoms with Crippen LogP contribution in [0.1, 0.15) is 24.5 Å². The molecule has 1 heterocycles. The zero-order valence-electron chi connectivity index (χ0n) is 13.4. The molecule has 0 unspecified atom stereocenters. The van der Waals surface area contributed by atoms with Gasteiger partial charge in [-0.25, -0.2) is 4.79 Å². The third-order valence-corrected chi connectivity index (χ3v) is 3.98. The zero-order chi connectivity index (χ0) is 16.3. The first-order valence-corrected chi connectivity index (χ1v) is 7.32. The van der Waals surface area contributed by atoms with Gasteiger partial charge in [0.25, 0.3) is 0 Å². The molecule has 1 amide bonds. The molecule has 0 atom stereocenters. The van der Waals surface area contributed by atoms with E-state index in [4.69, 9.17) is 9.15 Å². The first-order chi connectivity index (χ1) is 10.5. The van der Waals surface area contributed by atoms with E-state index < -0.39 is 0 Å². The zero-order valence-corrected chi connectivity index (χ0v) is 13.4. The molecule has 0 fully saturated rings. The SMILES string of the molecule is CCN(C)C(=O)CCc1c(C)c2ccc(OC)cc2oc1=O. The maximum absolute atomic E-state index is 12.2. The summed E-state index contributed by atoms with van der Waals surface area (Å²) in [5.74, 6) is 0.665. The number of rotatable bonds is 5. The molecule has 1 aromatic heterocycles. The third kappa shape index (κ3) is 3.13. The Balaban J connectivity index is 2.35. The Morgan fingerprint density at radius 3 is 2.73 bits per heavy atom. The second-order valence-electron chi connectivity index (χ2n) is 5.26. The molecule has 1 aromatic carbocycles. The van der Waals surface area contributed by atoms with Gasteiger partial charge in [0, 0.05) is 37.0 Å². The lowest BCUT2D eigenvalue weighted by atomic mass is 10.0. The van der Waals surface area contributed by atoms with Gasteiger partial charge in [-0.05, 0) is 38.0 Å². The molecule has 0 bridgehead atoms. The second-order valence-corrected chi connectivity index (χ2v) is 5.26. The molecule has 0 N–H and O–H groups in total. The van der Waals surface area contributed by atoms with Crippen LogP contribution in [0.2, 0.25) is 0 Å². The summed E-state index contributed by atoms with van der Waals surface area (Å²) in [5, 5.41) is 0.867. The largest absolute Gasteiger partial charge is 0.497 e. The van der Waals surface area contributed by atoms with E-state index in [0.29, 0.717) is 36.3 Å². The molecule has 0 aliphatic rings. The van der Waals surface area contributed by atoms with Crippen LogP contribution in [0.3, 0.4) is 0 Å². The smallest absolute Gasteiger partial charge is 0.339 e. The van der Waals surface area contributed by atoms with Crippen LogP contribution < -0.4 is 10.4 Å². The molecule has 0 aliphatic carbocycles. The summed E-state index contributed by atoms with van der Waals surface area (Å²) in [4.78, 5) is 25.7. The van der Waals surface area contributed by atoms with Crippen molar-refractivity contribution in [3.63, 3.8) is 0 Å². The van der Waals surface area contributed by atoms with Crippen LogP contribution in [0.25, 0.3) is 11.0 Å². The van der Waals surface area contributed by atoms with Crippen molar-refractivity contribution in [3.8, 4) is 5.75 Å². The fourth-order valence-corrected chi connectivity index (χ4v) is 2.39. The standard InChI is InChI=1S/C17H21NO4/c1-5-18(3)16(19)9-8-14-11(2)13-7-6-12(21-4)10-15(13)22-17(14)20/h6-7,10H,5,8-9H2,1-4H3. The number of ether oxygens (including phenoxy) is 1. The molecule has 2 aromatic rings. The van der Waals surface area contributed by atoms with E-state index in [9.17, 15) is 9.59 Å². The number of hydrogen-bond donors (Lipinski definition) is 0. The van der Waals surface area contributed by atoms with Gasteiger partial charge in [-0.3, -0.25) is 4.79 Å². The monoisotopic (exact) mass is 303 g/mol. The molecule has 0 saturated heterocycles. The first kappa shape index (κ1) is 16.1. The van der Waals surface area contributed by atoms with Crippen molar-refractivity contribution in [3.05, 3.63) is 39.7 Å². The molecule has 5 heteroatoms. The number of carbonyl (C=O) groups excluding carboxylic acids is 1. The topological polar surface area (TPSA) is 59.8 Å². The Morgan fingerprint density at radius 1 is 1.36 bits per heavy atom. The normalized spacial score (nSPS) is 10.7. The van der Waals surface area contributed by atoms with Crippen molar-refractivity contribution in [1.82, 2.24) is 4.90 Å². The minimum absolute atomic E-state index is 0.0242. The van der Waals surface area contributed by atoms with Gasteiger partial charge in [-0.2, -0.15) is 0 Å². The maximum Gasteiger partial charge on any atom is 0.339 e. The summed E-state index contributed by atoms with van der Waals surface area (Å²) in [6.45, 7) is 4.46. The predicted octanol–water partition coefficient (Wildman–Crippen LogP) is 2.52. The Morgan fingerprint density at radius 2 is 2.09 bits per heavy atom. The molecule has 2 rings (SSSR count).